The number of hydrogen-bond acceptors (Lipinski definition) is 2. The number of rotatable bonds is 6. The zero-order valence-corrected chi connectivity index (χ0v) is 13.4. The van der Waals surface area contributed by atoms with Crippen LogP contribution < -0.4 is 0 Å². The van der Waals surface area contributed by atoms with Gasteiger partial charge < -0.3 is 9.67 Å². The molecule has 0 bridgehead atoms. The summed E-state index contributed by atoms with van der Waals surface area (Å²) in [5.74, 6) is 0.932. The summed E-state index contributed by atoms with van der Waals surface area (Å²) in [5, 5.41) is 9.81. The zero-order valence-electron chi connectivity index (χ0n) is 13.4. The van der Waals surface area contributed by atoms with Crippen LogP contribution in [0.25, 0.3) is 22.6 Å². The quantitative estimate of drug-likeness (QED) is 0.727. The van der Waals surface area contributed by atoms with Crippen LogP contribution in [0.4, 0.5) is 0 Å². The second-order valence-electron chi connectivity index (χ2n) is 5.63. The van der Waals surface area contributed by atoms with E-state index in [1.54, 1.807) is 0 Å². The highest BCUT2D eigenvalue weighted by Crippen LogP contribution is 2.30. The van der Waals surface area contributed by atoms with Crippen LogP contribution >= 0.6 is 0 Å². The molecule has 0 unspecified atom stereocenters. The van der Waals surface area contributed by atoms with Crippen LogP contribution in [-0.4, -0.2) is 14.7 Å². The maximum Gasteiger partial charge on any atom is 0.140 e. The summed E-state index contributed by atoms with van der Waals surface area (Å²) in [7, 11) is 0. The van der Waals surface area contributed by atoms with E-state index in [0.29, 0.717) is 0 Å². The van der Waals surface area contributed by atoms with Crippen molar-refractivity contribution < 1.29 is 5.11 Å². The molecule has 1 aromatic heterocycles. The molecule has 3 rings (SSSR count). The van der Waals surface area contributed by atoms with Gasteiger partial charge in [-0.1, -0.05) is 74.0 Å². The van der Waals surface area contributed by atoms with Crippen molar-refractivity contribution in [2.45, 2.75) is 32.9 Å². The number of imidazole rings is 1. The molecule has 1 N–H and O–H groups in total. The molecule has 0 spiro atoms. The summed E-state index contributed by atoms with van der Waals surface area (Å²) in [4.78, 5) is 4.74. The molecule has 0 atom stereocenters. The minimum absolute atomic E-state index is 0.0524. The molecule has 0 fully saturated rings. The summed E-state index contributed by atoms with van der Waals surface area (Å²) < 4.78 is 2.25. The van der Waals surface area contributed by atoms with E-state index in [0.717, 1.165) is 47.7 Å². The van der Waals surface area contributed by atoms with E-state index in [4.69, 9.17) is 4.98 Å². The molecular weight excluding hydrogens is 284 g/mol. The summed E-state index contributed by atoms with van der Waals surface area (Å²) in [6, 6.07) is 20.4. The SMILES string of the molecule is CCCCn1c(-c2ccccc2)nc(CO)c1-c1ccccc1. The maximum absolute atomic E-state index is 9.81. The molecule has 118 valence electrons. The average Bonchev–Trinajstić information content (AvgIpc) is 3.00. The van der Waals surface area contributed by atoms with E-state index in [1.165, 1.54) is 0 Å². The van der Waals surface area contributed by atoms with Crippen molar-refractivity contribution in [3.63, 3.8) is 0 Å². The summed E-state index contributed by atoms with van der Waals surface area (Å²) >= 11 is 0. The van der Waals surface area contributed by atoms with Gasteiger partial charge in [0.25, 0.3) is 0 Å². The first kappa shape index (κ1) is 15.5. The van der Waals surface area contributed by atoms with Gasteiger partial charge in [-0.3, -0.25) is 0 Å². The lowest BCUT2D eigenvalue weighted by Gasteiger charge is -2.12. The molecule has 0 aliphatic rings. The fourth-order valence-corrected chi connectivity index (χ4v) is 2.87. The highest BCUT2D eigenvalue weighted by molar-refractivity contribution is 5.68. The van der Waals surface area contributed by atoms with Gasteiger partial charge >= 0.3 is 0 Å². The monoisotopic (exact) mass is 306 g/mol. The Hall–Kier alpha value is -2.39. The number of hydrogen-bond donors (Lipinski definition) is 1. The van der Waals surface area contributed by atoms with Crippen molar-refractivity contribution in [1.29, 1.82) is 0 Å². The van der Waals surface area contributed by atoms with Gasteiger partial charge in [-0.05, 0) is 6.42 Å². The summed E-state index contributed by atoms with van der Waals surface area (Å²) in [5.41, 5.74) is 3.95. The molecule has 1 heterocycles. The van der Waals surface area contributed by atoms with Crippen LogP contribution in [0.2, 0.25) is 0 Å². The van der Waals surface area contributed by atoms with E-state index in [9.17, 15) is 5.11 Å². The predicted octanol–water partition coefficient (Wildman–Crippen LogP) is 4.51. The molecule has 0 aliphatic heterocycles. The van der Waals surface area contributed by atoms with Crippen molar-refractivity contribution in [2.24, 2.45) is 0 Å². The summed E-state index contributed by atoms with van der Waals surface area (Å²) in [6.45, 7) is 3.04. The molecule has 0 amide bonds. The molecule has 0 aliphatic carbocycles. The Bertz CT molecular complexity index is 748. The van der Waals surface area contributed by atoms with Crippen molar-refractivity contribution in [3.8, 4) is 22.6 Å². The third kappa shape index (κ3) is 3.20. The Kier molecular flexibility index (Phi) is 4.89. The van der Waals surface area contributed by atoms with Crippen molar-refractivity contribution in [1.82, 2.24) is 9.55 Å². The Morgan fingerprint density at radius 3 is 2.09 bits per heavy atom. The van der Waals surface area contributed by atoms with Gasteiger partial charge in [-0.25, -0.2) is 4.98 Å². The van der Waals surface area contributed by atoms with Gasteiger partial charge in [0.15, 0.2) is 0 Å². The second kappa shape index (κ2) is 7.25. The number of aliphatic hydroxyl groups is 1. The van der Waals surface area contributed by atoms with Crippen LogP contribution in [0.15, 0.2) is 60.7 Å². The van der Waals surface area contributed by atoms with Crippen molar-refractivity contribution in [2.75, 3.05) is 0 Å². The van der Waals surface area contributed by atoms with E-state index in [2.05, 4.69) is 35.8 Å². The highest BCUT2D eigenvalue weighted by atomic mass is 16.3. The molecule has 3 nitrogen and oxygen atoms in total. The van der Waals surface area contributed by atoms with E-state index in [1.807, 2.05) is 36.4 Å². The minimum atomic E-state index is -0.0524. The van der Waals surface area contributed by atoms with Crippen LogP contribution in [0.1, 0.15) is 25.5 Å². The first-order chi connectivity index (χ1) is 11.3. The fraction of sp³-hybridized carbons (Fsp3) is 0.250. The van der Waals surface area contributed by atoms with Gasteiger partial charge in [-0.2, -0.15) is 0 Å². The predicted molar refractivity (Wildman–Crippen MR) is 93.9 cm³/mol. The zero-order chi connectivity index (χ0) is 16.1. The van der Waals surface area contributed by atoms with Gasteiger partial charge in [0, 0.05) is 17.7 Å². The van der Waals surface area contributed by atoms with E-state index < -0.39 is 0 Å². The van der Waals surface area contributed by atoms with Crippen LogP contribution in [0.5, 0.6) is 0 Å². The first-order valence-corrected chi connectivity index (χ1v) is 8.16. The Balaban J connectivity index is 2.19. The Morgan fingerprint density at radius 1 is 0.913 bits per heavy atom. The molecule has 3 heteroatoms. The van der Waals surface area contributed by atoms with Crippen LogP contribution in [-0.2, 0) is 13.2 Å². The number of unbranched alkanes of at least 4 members (excludes halogenated alkanes) is 1. The van der Waals surface area contributed by atoms with E-state index in [-0.39, 0.29) is 6.61 Å². The highest BCUT2D eigenvalue weighted by Gasteiger charge is 2.18. The van der Waals surface area contributed by atoms with Gasteiger partial charge in [0.2, 0.25) is 0 Å². The first-order valence-electron chi connectivity index (χ1n) is 8.16. The van der Waals surface area contributed by atoms with Crippen LogP contribution in [0, 0.1) is 0 Å². The summed E-state index contributed by atoms with van der Waals surface area (Å²) in [6.07, 6.45) is 2.20. The molecule has 23 heavy (non-hydrogen) atoms. The third-order valence-electron chi connectivity index (χ3n) is 4.00. The van der Waals surface area contributed by atoms with E-state index >= 15 is 0 Å². The molecule has 2 aromatic carbocycles. The minimum Gasteiger partial charge on any atom is -0.390 e. The lowest BCUT2D eigenvalue weighted by atomic mass is 10.1. The standard InChI is InChI=1S/C20H22N2O/c1-2-3-14-22-19(16-10-6-4-7-11-16)18(15-23)21-20(22)17-12-8-5-9-13-17/h4-13,23H,2-3,14-15H2,1H3. The second-order valence-corrected chi connectivity index (χ2v) is 5.63. The lowest BCUT2D eigenvalue weighted by Crippen LogP contribution is -2.03. The molecule has 0 radical (unpaired) electrons. The number of aromatic nitrogens is 2. The van der Waals surface area contributed by atoms with Crippen molar-refractivity contribution >= 4 is 0 Å². The van der Waals surface area contributed by atoms with Crippen LogP contribution in [0.3, 0.4) is 0 Å². The number of benzene rings is 2. The Labute approximate surface area is 137 Å². The molecular formula is C20H22N2O. The average molecular weight is 306 g/mol. The largest absolute Gasteiger partial charge is 0.390 e. The molecule has 3 aromatic rings. The van der Waals surface area contributed by atoms with Gasteiger partial charge in [-0.15, -0.1) is 0 Å². The topological polar surface area (TPSA) is 38.0 Å². The molecule has 0 saturated heterocycles. The molecule has 0 saturated carbocycles. The number of aliphatic hydroxyl groups excluding tert-OH is 1. The van der Waals surface area contributed by atoms with Crippen molar-refractivity contribution in [3.05, 3.63) is 66.4 Å². The van der Waals surface area contributed by atoms with Gasteiger partial charge in [0.05, 0.1) is 18.0 Å². The smallest absolute Gasteiger partial charge is 0.140 e. The van der Waals surface area contributed by atoms with Gasteiger partial charge in [0.1, 0.15) is 5.82 Å². The lowest BCUT2D eigenvalue weighted by molar-refractivity contribution is 0.278. The Morgan fingerprint density at radius 2 is 1.52 bits per heavy atom. The number of nitrogens with zero attached hydrogens (tertiary/aromatic N) is 2. The maximum atomic E-state index is 9.81. The third-order valence-corrected chi connectivity index (χ3v) is 4.00. The fourth-order valence-electron chi connectivity index (χ4n) is 2.87. The normalized spacial score (nSPS) is 10.9.